The average Bonchev–Trinajstić information content (AvgIpc) is 3.58. The first-order valence-corrected chi connectivity index (χ1v) is 14.2. The third-order valence-electron chi connectivity index (χ3n) is 7.92. The van der Waals surface area contributed by atoms with Crippen molar-refractivity contribution in [1.82, 2.24) is 34.7 Å². The number of hydrogen-bond acceptors (Lipinski definition) is 8. The zero-order valence-corrected chi connectivity index (χ0v) is 23.2. The van der Waals surface area contributed by atoms with Gasteiger partial charge in [0.05, 0.1) is 18.5 Å². The highest BCUT2D eigenvalue weighted by molar-refractivity contribution is 7.19. The molecule has 0 bridgehead atoms. The van der Waals surface area contributed by atoms with Gasteiger partial charge in [0, 0.05) is 49.5 Å². The van der Waals surface area contributed by atoms with Crippen LogP contribution >= 0.6 is 11.3 Å². The number of nitrogens with one attached hydrogen (secondary N) is 1. The van der Waals surface area contributed by atoms with E-state index in [4.69, 9.17) is 14.8 Å². The second kappa shape index (κ2) is 9.72. The fourth-order valence-corrected chi connectivity index (χ4v) is 6.98. The van der Waals surface area contributed by atoms with Crippen LogP contribution in [0.4, 0.5) is 5.00 Å². The SMILES string of the molecule is COc1cc(-c2[nH]nc(-c3nc(C)c(N4CCN(CC5CCC5)C[C@H]4C)s3)c2C(C)C)cn2ncnc12. The second-order valence-electron chi connectivity index (χ2n) is 10.8. The molecule has 0 radical (unpaired) electrons. The lowest BCUT2D eigenvalue weighted by atomic mass is 9.85. The number of anilines is 1. The summed E-state index contributed by atoms with van der Waals surface area (Å²) in [6.45, 7) is 13.5. The molecule has 1 saturated heterocycles. The van der Waals surface area contributed by atoms with Crippen molar-refractivity contribution < 1.29 is 4.74 Å². The van der Waals surface area contributed by atoms with Gasteiger partial charge in [-0.05, 0) is 44.6 Å². The van der Waals surface area contributed by atoms with Crippen LogP contribution < -0.4 is 9.64 Å². The summed E-state index contributed by atoms with van der Waals surface area (Å²) in [5.74, 6) is 1.85. The standard InChI is InChI=1S/C27H36N8OS/c1-16(2)22-23(20-11-21(36-5)25-28-15-29-35(25)14-20)31-32-24(22)26-30-18(4)27(37-26)34-10-9-33(12-17(34)3)13-19-7-6-8-19/h11,14-17,19H,6-10,12-13H2,1-5H3,(H,31,32)/t17-/m1/s1. The van der Waals surface area contributed by atoms with E-state index in [0.29, 0.717) is 17.4 Å². The maximum absolute atomic E-state index is 5.60. The number of hydrogen-bond donors (Lipinski definition) is 1. The molecular weight excluding hydrogens is 484 g/mol. The number of pyridine rings is 1. The first-order chi connectivity index (χ1) is 17.9. The number of aromatic amines is 1. The lowest BCUT2D eigenvalue weighted by molar-refractivity contribution is 0.156. The Labute approximate surface area is 221 Å². The van der Waals surface area contributed by atoms with Crippen molar-refractivity contribution in [3.63, 3.8) is 0 Å². The minimum atomic E-state index is 0.253. The Morgan fingerprint density at radius 3 is 2.78 bits per heavy atom. The summed E-state index contributed by atoms with van der Waals surface area (Å²) in [6, 6.07) is 2.47. The first kappa shape index (κ1) is 24.4. The predicted octanol–water partition coefficient (Wildman–Crippen LogP) is 4.99. The summed E-state index contributed by atoms with van der Waals surface area (Å²) < 4.78 is 7.34. The van der Waals surface area contributed by atoms with Crippen LogP contribution in [0.25, 0.3) is 27.6 Å². The van der Waals surface area contributed by atoms with Crippen molar-refractivity contribution in [1.29, 1.82) is 0 Å². The Morgan fingerprint density at radius 1 is 1.24 bits per heavy atom. The van der Waals surface area contributed by atoms with E-state index in [1.165, 1.54) is 37.1 Å². The van der Waals surface area contributed by atoms with Crippen molar-refractivity contribution in [2.75, 3.05) is 38.2 Å². The minimum Gasteiger partial charge on any atom is -0.493 e. The molecule has 6 rings (SSSR count). The highest BCUT2D eigenvalue weighted by atomic mass is 32.1. The van der Waals surface area contributed by atoms with Gasteiger partial charge in [-0.25, -0.2) is 14.5 Å². The van der Waals surface area contributed by atoms with Gasteiger partial charge in [-0.15, -0.1) is 0 Å². The summed E-state index contributed by atoms with van der Waals surface area (Å²) in [5, 5.41) is 14.7. The zero-order valence-electron chi connectivity index (χ0n) is 22.4. The lowest BCUT2D eigenvalue weighted by Crippen LogP contribution is -2.53. The molecule has 4 aromatic rings. The Kier molecular flexibility index (Phi) is 6.40. The number of ether oxygens (including phenoxy) is 1. The van der Waals surface area contributed by atoms with Gasteiger partial charge < -0.3 is 9.64 Å². The lowest BCUT2D eigenvalue weighted by Gasteiger charge is -2.43. The van der Waals surface area contributed by atoms with Crippen LogP contribution in [0, 0.1) is 12.8 Å². The van der Waals surface area contributed by atoms with Crippen LogP contribution in [-0.2, 0) is 0 Å². The molecule has 1 atom stereocenters. The fraction of sp³-hybridized carbons (Fsp3) is 0.556. The van der Waals surface area contributed by atoms with Crippen LogP contribution in [0.15, 0.2) is 18.6 Å². The van der Waals surface area contributed by atoms with Crippen LogP contribution in [0.1, 0.15) is 57.2 Å². The van der Waals surface area contributed by atoms with E-state index >= 15 is 0 Å². The maximum atomic E-state index is 5.60. The number of aryl methyl sites for hydroxylation is 1. The van der Waals surface area contributed by atoms with Gasteiger partial charge in [0.1, 0.15) is 22.0 Å². The molecule has 37 heavy (non-hydrogen) atoms. The van der Waals surface area contributed by atoms with Crippen molar-refractivity contribution >= 4 is 22.0 Å². The van der Waals surface area contributed by atoms with Crippen LogP contribution in [0.5, 0.6) is 5.75 Å². The third kappa shape index (κ3) is 4.40. The monoisotopic (exact) mass is 520 g/mol. The van der Waals surface area contributed by atoms with Gasteiger partial charge in [-0.3, -0.25) is 10.00 Å². The number of rotatable bonds is 7. The molecule has 0 amide bonds. The van der Waals surface area contributed by atoms with Crippen molar-refractivity contribution in [3.05, 3.63) is 29.8 Å². The molecule has 196 valence electrons. The number of H-pyrrole nitrogens is 1. The molecule has 0 spiro atoms. The number of methoxy groups -OCH3 is 1. The summed E-state index contributed by atoms with van der Waals surface area (Å²) in [6.07, 6.45) is 7.75. The van der Waals surface area contributed by atoms with Crippen LogP contribution in [0.2, 0.25) is 0 Å². The van der Waals surface area contributed by atoms with Gasteiger partial charge in [0.2, 0.25) is 0 Å². The van der Waals surface area contributed by atoms with Gasteiger partial charge in [-0.2, -0.15) is 10.2 Å². The average molecular weight is 521 g/mol. The zero-order chi connectivity index (χ0) is 25.7. The van der Waals surface area contributed by atoms with E-state index in [0.717, 1.165) is 58.8 Å². The first-order valence-electron chi connectivity index (χ1n) is 13.4. The summed E-state index contributed by atoms with van der Waals surface area (Å²) in [4.78, 5) is 14.6. The van der Waals surface area contributed by atoms with E-state index in [1.807, 2.05) is 12.3 Å². The highest BCUT2D eigenvalue weighted by Crippen LogP contribution is 2.41. The second-order valence-corrected chi connectivity index (χ2v) is 11.8. The Morgan fingerprint density at radius 2 is 2.08 bits per heavy atom. The summed E-state index contributed by atoms with van der Waals surface area (Å²) in [7, 11) is 1.66. The maximum Gasteiger partial charge on any atom is 0.197 e. The highest BCUT2D eigenvalue weighted by Gasteiger charge is 2.30. The Balaban J connectivity index is 1.30. The molecular formula is C27H36N8OS. The molecule has 1 N–H and O–H groups in total. The van der Waals surface area contributed by atoms with Gasteiger partial charge in [0.25, 0.3) is 0 Å². The normalized spacial score (nSPS) is 19.2. The van der Waals surface area contributed by atoms with Gasteiger partial charge >= 0.3 is 0 Å². The third-order valence-corrected chi connectivity index (χ3v) is 9.12. The van der Waals surface area contributed by atoms with Crippen molar-refractivity contribution in [3.8, 4) is 27.7 Å². The van der Waals surface area contributed by atoms with Crippen molar-refractivity contribution in [2.45, 2.75) is 58.9 Å². The van der Waals surface area contributed by atoms with Crippen LogP contribution in [-0.4, -0.2) is 74.0 Å². The van der Waals surface area contributed by atoms with E-state index < -0.39 is 0 Å². The number of fused-ring (bicyclic) bond motifs is 1. The smallest absolute Gasteiger partial charge is 0.197 e. The molecule has 1 aliphatic carbocycles. The van der Waals surface area contributed by atoms with E-state index in [2.05, 4.69) is 52.7 Å². The van der Waals surface area contributed by atoms with Crippen LogP contribution in [0.3, 0.4) is 0 Å². The fourth-order valence-electron chi connectivity index (χ4n) is 5.78. The quantitative estimate of drug-likeness (QED) is 0.367. The van der Waals surface area contributed by atoms with Gasteiger partial charge in [-0.1, -0.05) is 31.6 Å². The van der Waals surface area contributed by atoms with Crippen molar-refractivity contribution in [2.24, 2.45) is 5.92 Å². The number of aromatic nitrogens is 6. The summed E-state index contributed by atoms with van der Waals surface area (Å²) in [5.41, 5.74) is 5.79. The minimum absolute atomic E-state index is 0.253. The number of thiazole rings is 1. The van der Waals surface area contributed by atoms with E-state index in [-0.39, 0.29) is 5.92 Å². The molecule has 0 unspecified atom stereocenters. The number of nitrogens with zero attached hydrogens (tertiary/aromatic N) is 7. The molecule has 4 aromatic heterocycles. The molecule has 0 aromatic carbocycles. The van der Waals surface area contributed by atoms with E-state index in [9.17, 15) is 0 Å². The molecule has 9 nitrogen and oxygen atoms in total. The Bertz CT molecular complexity index is 1400. The van der Waals surface area contributed by atoms with Gasteiger partial charge in [0.15, 0.2) is 11.4 Å². The molecule has 1 aliphatic heterocycles. The topological polar surface area (TPSA) is 87.5 Å². The Hall–Kier alpha value is -2.98. The largest absolute Gasteiger partial charge is 0.493 e. The van der Waals surface area contributed by atoms with E-state index in [1.54, 1.807) is 23.0 Å². The number of piperazine rings is 1. The molecule has 2 aliphatic rings. The predicted molar refractivity (Wildman–Crippen MR) is 148 cm³/mol. The molecule has 2 fully saturated rings. The molecule has 1 saturated carbocycles. The molecule has 10 heteroatoms. The summed E-state index contributed by atoms with van der Waals surface area (Å²) >= 11 is 1.77. The molecule has 5 heterocycles.